The van der Waals surface area contributed by atoms with Crippen molar-refractivity contribution in [2.45, 2.75) is 245 Å². The van der Waals surface area contributed by atoms with Gasteiger partial charge in [-0.2, -0.15) is 0 Å². The minimum absolute atomic E-state index is 0.264. The van der Waals surface area contributed by atoms with E-state index in [1.807, 2.05) is 0 Å². The van der Waals surface area contributed by atoms with Crippen molar-refractivity contribution in [1.29, 1.82) is 0 Å². The number of nitrogens with zero attached hydrogens (tertiary/aromatic N) is 1. The summed E-state index contributed by atoms with van der Waals surface area (Å²) in [5, 5.41) is 0. The molecule has 0 bridgehead atoms. The molecule has 302 valence electrons. The van der Waals surface area contributed by atoms with Crippen molar-refractivity contribution in [2.24, 2.45) is 0 Å². The summed E-state index contributed by atoms with van der Waals surface area (Å²) < 4.78 is 34.7. The number of unbranched alkanes of at least 4 members (excludes halogenated alkanes) is 31. The zero-order valence-corrected chi connectivity index (χ0v) is 35.5. The van der Waals surface area contributed by atoms with Gasteiger partial charge in [0, 0.05) is 5.75 Å². The van der Waals surface area contributed by atoms with E-state index < -0.39 is 10.1 Å². The van der Waals surface area contributed by atoms with Crippen LogP contribution in [0, 0.1) is 0 Å². The molecule has 0 aromatic heterocycles. The summed E-state index contributed by atoms with van der Waals surface area (Å²) in [5.41, 5.74) is 0. The van der Waals surface area contributed by atoms with Crippen LogP contribution in [0.3, 0.4) is 0 Å². The highest BCUT2D eigenvalue weighted by Gasteiger charge is 2.19. The van der Waals surface area contributed by atoms with E-state index in [2.05, 4.69) is 57.6 Å². The van der Waals surface area contributed by atoms with Crippen molar-refractivity contribution in [3.05, 3.63) is 36.8 Å². The van der Waals surface area contributed by atoms with Gasteiger partial charge < -0.3 is 4.55 Å². The fourth-order valence-corrected chi connectivity index (χ4v) is 7.66. The molecule has 0 amide bonds. The van der Waals surface area contributed by atoms with E-state index in [1.165, 1.54) is 193 Å². The Bertz CT molecular complexity index is 811. The largest absolute Gasteiger partial charge is 0.748 e. The smallest absolute Gasteiger partial charge is 0.101 e. The molecule has 0 radical (unpaired) electrons. The summed E-state index contributed by atoms with van der Waals surface area (Å²) in [6.07, 6.45) is 59.0. The number of hydrogen-bond donors (Lipinski definition) is 0. The summed E-state index contributed by atoms with van der Waals surface area (Å²) in [6, 6.07) is 0. The second-order valence-corrected chi connectivity index (χ2v) is 17.3. The lowest BCUT2D eigenvalue weighted by atomic mass is 10.1. The Kier molecular flexibility index (Phi) is 38.1. The van der Waals surface area contributed by atoms with Gasteiger partial charge in [0.25, 0.3) is 0 Å². The van der Waals surface area contributed by atoms with E-state index in [0.29, 0.717) is 10.9 Å². The Morgan fingerprint density at radius 1 is 0.373 bits per heavy atom. The zero-order chi connectivity index (χ0) is 37.4. The molecule has 0 saturated carbocycles. The zero-order valence-electron chi connectivity index (χ0n) is 34.7. The highest BCUT2D eigenvalue weighted by Crippen LogP contribution is 2.20. The first-order valence-corrected chi connectivity index (χ1v) is 24.3. The summed E-state index contributed by atoms with van der Waals surface area (Å²) in [4.78, 5) is 0. The topological polar surface area (TPSA) is 57.2 Å². The summed E-state index contributed by atoms with van der Waals surface area (Å²) in [5.74, 6) is -0.264. The van der Waals surface area contributed by atoms with Crippen LogP contribution in [0.2, 0.25) is 0 Å². The molecule has 0 atom stereocenters. The van der Waals surface area contributed by atoms with Crippen LogP contribution < -0.4 is 0 Å². The summed E-state index contributed by atoms with van der Waals surface area (Å²) >= 11 is 0. The highest BCUT2D eigenvalue weighted by atomic mass is 32.2. The van der Waals surface area contributed by atoms with Gasteiger partial charge in [0.1, 0.15) is 18.6 Å². The molecular formula is C46H89NO3S. The molecule has 0 spiro atoms. The average molecular weight is 736 g/mol. The first-order chi connectivity index (χ1) is 24.9. The molecule has 0 aliphatic rings. The van der Waals surface area contributed by atoms with Gasteiger partial charge in [-0.05, 0) is 69.6 Å². The fraction of sp³-hybridized carbons (Fsp3) is 0.870. The van der Waals surface area contributed by atoms with E-state index in [-0.39, 0.29) is 5.75 Å². The predicted molar refractivity (Wildman–Crippen MR) is 226 cm³/mol. The molecular weight excluding hydrogens is 647 g/mol. The van der Waals surface area contributed by atoms with E-state index in [1.54, 1.807) is 0 Å². The SMILES string of the molecule is CCCCCCCCCCCC/C=C/[N+](/C=C/CCCCCCCCCCCC)(/C=C/CCCCCCCCCCCC)CCCCS(=O)(=O)[O-]. The van der Waals surface area contributed by atoms with E-state index in [4.69, 9.17) is 0 Å². The van der Waals surface area contributed by atoms with E-state index in [9.17, 15) is 13.0 Å². The third-order valence-corrected chi connectivity index (χ3v) is 11.3. The number of rotatable bonds is 41. The molecule has 0 rings (SSSR count). The Labute approximate surface area is 321 Å². The van der Waals surface area contributed by atoms with Crippen LogP contribution in [0.4, 0.5) is 0 Å². The number of allylic oxidation sites excluding steroid dienone is 3. The van der Waals surface area contributed by atoms with Gasteiger partial charge >= 0.3 is 0 Å². The van der Waals surface area contributed by atoms with Crippen LogP contribution in [-0.4, -0.2) is 29.8 Å². The van der Waals surface area contributed by atoms with Crippen LogP contribution in [0.15, 0.2) is 36.8 Å². The molecule has 0 aliphatic carbocycles. The first kappa shape index (κ1) is 50.1. The molecule has 0 N–H and O–H groups in total. The standard InChI is InChI=1S/C46H89NO3S/c1-4-7-10-13-16-19-22-25-28-31-34-37-42-47(45-40-41-46-51(48,49)50,43-38-35-32-29-26-23-20-17-14-11-8-5-2)44-39-36-33-30-27-24-21-18-15-12-9-6-3/h37-39,42-44H,4-36,40-41,45-46H2,1-3H3/b42-37+,43-38+,44-39+. The molecule has 0 saturated heterocycles. The minimum Gasteiger partial charge on any atom is -0.748 e. The fourth-order valence-electron chi connectivity index (χ4n) is 7.10. The normalized spacial score (nSPS) is 12.8. The van der Waals surface area contributed by atoms with Crippen molar-refractivity contribution < 1.29 is 17.5 Å². The van der Waals surface area contributed by atoms with Crippen LogP contribution in [0.5, 0.6) is 0 Å². The van der Waals surface area contributed by atoms with Crippen LogP contribution >= 0.6 is 0 Å². The lowest BCUT2D eigenvalue weighted by Crippen LogP contribution is -2.32. The molecule has 51 heavy (non-hydrogen) atoms. The second-order valence-electron chi connectivity index (χ2n) is 15.8. The minimum atomic E-state index is -4.17. The molecule has 0 aromatic carbocycles. The molecule has 4 nitrogen and oxygen atoms in total. The van der Waals surface area contributed by atoms with Crippen molar-refractivity contribution in [1.82, 2.24) is 0 Å². The van der Waals surface area contributed by atoms with Gasteiger partial charge in [-0.1, -0.05) is 194 Å². The maximum Gasteiger partial charge on any atom is 0.101 e. The maximum absolute atomic E-state index is 11.3. The summed E-state index contributed by atoms with van der Waals surface area (Å²) in [6.45, 7) is 7.64. The van der Waals surface area contributed by atoms with Crippen molar-refractivity contribution >= 4 is 10.1 Å². The molecule has 0 aliphatic heterocycles. The third-order valence-electron chi connectivity index (χ3n) is 10.5. The Morgan fingerprint density at radius 2 is 0.627 bits per heavy atom. The third kappa shape index (κ3) is 38.6. The number of hydrogen-bond acceptors (Lipinski definition) is 3. The van der Waals surface area contributed by atoms with Gasteiger partial charge in [0.05, 0.1) is 16.7 Å². The monoisotopic (exact) mass is 736 g/mol. The summed E-state index contributed by atoms with van der Waals surface area (Å²) in [7, 11) is -4.17. The van der Waals surface area contributed by atoms with Gasteiger partial charge in [-0.15, -0.1) is 0 Å². The van der Waals surface area contributed by atoms with Crippen molar-refractivity contribution in [2.75, 3.05) is 12.3 Å². The Morgan fingerprint density at radius 3 is 0.882 bits per heavy atom. The van der Waals surface area contributed by atoms with Crippen LogP contribution in [-0.2, 0) is 10.1 Å². The van der Waals surface area contributed by atoms with Crippen LogP contribution in [0.1, 0.15) is 245 Å². The molecule has 0 heterocycles. The van der Waals surface area contributed by atoms with Crippen molar-refractivity contribution in [3.8, 4) is 0 Å². The number of quaternary nitrogens is 1. The van der Waals surface area contributed by atoms with Gasteiger partial charge in [0.15, 0.2) is 0 Å². The highest BCUT2D eigenvalue weighted by molar-refractivity contribution is 7.85. The van der Waals surface area contributed by atoms with E-state index in [0.717, 1.165) is 32.2 Å². The first-order valence-electron chi connectivity index (χ1n) is 22.7. The van der Waals surface area contributed by atoms with Gasteiger partial charge in [-0.3, -0.25) is 0 Å². The maximum atomic E-state index is 11.3. The molecule has 5 heteroatoms. The molecule has 0 aromatic rings. The average Bonchev–Trinajstić information content (AvgIpc) is 3.11. The molecule has 0 fully saturated rings. The van der Waals surface area contributed by atoms with Gasteiger partial charge in [-0.25, -0.2) is 12.9 Å². The lowest BCUT2D eigenvalue weighted by molar-refractivity contribution is -0.774. The van der Waals surface area contributed by atoms with Gasteiger partial charge in [0.2, 0.25) is 0 Å². The quantitative estimate of drug-likeness (QED) is 0.0357. The lowest BCUT2D eigenvalue weighted by Gasteiger charge is -2.27. The molecule has 0 unspecified atom stereocenters. The Hall–Kier alpha value is -0.910. The Balaban J connectivity index is 5.10. The van der Waals surface area contributed by atoms with E-state index >= 15 is 0 Å². The van der Waals surface area contributed by atoms with Crippen molar-refractivity contribution in [3.63, 3.8) is 0 Å². The van der Waals surface area contributed by atoms with Crippen LogP contribution in [0.25, 0.3) is 0 Å². The second kappa shape index (κ2) is 38.8. The predicted octanol–water partition coefficient (Wildman–Crippen LogP) is 15.6.